The third-order valence-corrected chi connectivity index (χ3v) is 3.41. The van der Waals surface area contributed by atoms with Crippen molar-refractivity contribution in [2.75, 3.05) is 0 Å². The lowest BCUT2D eigenvalue weighted by Crippen LogP contribution is -2.28. The molecule has 21 heavy (non-hydrogen) atoms. The maximum Gasteiger partial charge on any atom is 0.419 e. The van der Waals surface area contributed by atoms with Crippen LogP contribution in [-0.2, 0) is 4.74 Å². The van der Waals surface area contributed by atoms with E-state index in [0.29, 0.717) is 5.39 Å². The minimum absolute atomic E-state index is 0.0124. The van der Waals surface area contributed by atoms with Gasteiger partial charge < -0.3 is 9.84 Å². The van der Waals surface area contributed by atoms with Crippen molar-refractivity contribution in [3.05, 3.63) is 34.2 Å². The molecule has 0 aliphatic carbocycles. The van der Waals surface area contributed by atoms with Crippen molar-refractivity contribution >= 4 is 38.9 Å². The fourth-order valence-electron chi connectivity index (χ4n) is 1.89. The van der Waals surface area contributed by atoms with E-state index in [0.717, 1.165) is 4.57 Å². The molecule has 0 amide bonds. The lowest BCUT2D eigenvalue weighted by atomic mass is 10.2. The Hall–Kier alpha value is -1.89. The number of rotatable bonds is 1. The van der Waals surface area contributed by atoms with Crippen LogP contribution in [0.5, 0.6) is 0 Å². The van der Waals surface area contributed by atoms with Gasteiger partial charge in [-0.1, -0.05) is 0 Å². The van der Waals surface area contributed by atoms with Gasteiger partial charge in [0.15, 0.2) is 0 Å². The van der Waals surface area contributed by atoms with Crippen molar-refractivity contribution in [2.45, 2.75) is 26.4 Å². The largest absolute Gasteiger partial charge is 0.477 e. The summed E-state index contributed by atoms with van der Waals surface area (Å²) in [7, 11) is 0. The minimum Gasteiger partial charge on any atom is -0.477 e. The fraction of sp³-hybridized carbons (Fsp3) is 0.286. The highest BCUT2D eigenvalue weighted by atomic mass is 79.9. The number of benzene rings is 1. The number of halogens is 2. The smallest absolute Gasteiger partial charge is 0.419 e. The van der Waals surface area contributed by atoms with Crippen LogP contribution in [0.1, 0.15) is 31.3 Å². The Balaban J connectivity index is 2.75. The van der Waals surface area contributed by atoms with Crippen LogP contribution in [0, 0.1) is 5.82 Å². The molecule has 0 aliphatic rings. The Bertz CT molecular complexity index is 745. The zero-order valence-corrected chi connectivity index (χ0v) is 13.2. The molecule has 0 radical (unpaired) electrons. The number of carbonyl (C=O) groups excluding carboxylic acids is 1. The third-order valence-electron chi connectivity index (χ3n) is 2.65. The summed E-state index contributed by atoms with van der Waals surface area (Å²) in [5.41, 5.74) is -0.962. The van der Waals surface area contributed by atoms with Gasteiger partial charge in [-0.05, 0) is 54.9 Å². The molecular formula is C14H13BrFNO4. The molecule has 1 N–H and O–H groups in total. The Morgan fingerprint density at radius 3 is 2.48 bits per heavy atom. The highest BCUT2D eigenvalue weighted by Crippen LogP contribution is 2.30. The van der Waals surface area contributed by atoms with Crippen LogP contribution in [-0.4, -0.2) is 27.3 Å². The van der Waals surface area contributed by atoms with Crippen LogP contribution in [0.4, 0.5) is 9.18 Å². The summed E-state index contributed by atoms with van der Waals surface area (Å²) in [6.45, 7) is 4.98. The normalized spacial score (nSPS) is 11.7. The first-order chi connectivity index (χ1) is 9.61. The van der Waals surface area contributed by atoms with Gasteiger partial charge in [-0.25, -0.2) is 18.5 Å². The summed E-state index contributed by atoms with van der Waals surface area (Å²) in [5, 5.41) is 9.66. The van der Waals surface area contributed by atoms with Crippen LogP contribution in [0.25, 0.3) is 10.9 Å². The molecule has 0 atom stereocenters. The molecule has 112 valence electrons. The highest BCUT2D eigenvalue weighted by Gasteiger charge is 2.26. The molecule has 0 saturated carbocycles. The van der Waals surface area contributed by atoms with Gasteiger partial charge in [-0.15, -0.1) is 0 Å². The quantitative estimate of drug-likeness (QED) is 0.836. The van der Waals surface area contributed by atoms with Gasteiger partial charge in [-0.3, -0.25) is 0 Å². The number of nitrogens with zero attached hydrogens (tertiary/aromatic N) is 1. The number of aromatic carboxylic acids is 1. The Labute approximate surface area is 128 Å². The SMILES string of the molecule is CC(C)(C)OC(=O)n1c(C(=O)O)cc2ccc(F)c(Br)c21. The molecule has 0 aliphatic heterocycles. The highest BCUT2D eigenvalue weighted by molar-refractivity contribution is 9.10. The van der Waals surface area contributed by atoms with Crippen molar-refractivity contribution in [3.63, 3.8) is 0 Å². The monoisotopic (exact) mass is 357 g/mol. The number of carboxylic acids is 1. The van der Waals surface area contributed by atoms with E-state index >= 15 is 0 Å². The molecule has 1 heterocycles. The van der Waals surface area contributed by atoms with E-state index in [2.05, 4.69) is 15.9 Å². The van der Waals surface area contributed by atoms with Gasteiger partial charge in [0.05, 0.1) is 9.99 Å². The van der Waals surface area contributed by atoms with Gasteiger partial charge in [0.25, 0.3) is 0 Å². The van der Waals surface area contributed by atoms with E-state index in [9.17, 15) is 19.1 Å². The molecule has 5 nitrogen and oxygen atoms in total. The Morgan fingerprint density at radius 2 is 1.95 bits per heavy atom. The average Bonchev–Trinajstić information content (AvgIpc) is 2.72. The third kappa shape index (κ3) is 2.92. The predicted molar refractivity (Wildman–Crippen MR) is 78.2 cm³/mol. The molecule has 2 aromatic rings. The van der Waals surface area contributed by atoms with Gasteiger partial charge in [0, 0.05) is 5.39 Å². The van der Waals surface area contributed by atoms with Crippen molar-refractivity contribution in [3.8, 4) is 0 Å². The van der Waals surface area contributed by atoms with Crippen molar-refractivity contribution in [2.24, 2.45) is 0 Å². The van der Waals surface area contributed by atoms with Gasteiger partial charge >= 0.3 is 12.1 Å². The molecule has 2 rings (SSSR count). The number of ether oxygens (including phenoxy) is 1. The summed E-state index contributed by atoms with van der Waals surface area (Å²) in [6, 6.07) is 3.89. The van der Waals surface area contributed by atoms with Crippen LogP contribution in [0.3, 0.4) is 0 Å². The summed E-state index contributed by atoms with van der Waals surface area (Å²) in [6.07, 6.45) is -0.874. The predicted octanol–water partition coefficient (Wildman–Crippen LogP) is 4.02. The maximum absolute atomic E-state index is 13.7. The van der Waals surface area contributed by atoms with E-state index in [1.165, 1.54) is 18.2 Å². The van der Waals surface area contributed by atoms with Gasteiger partial charge in [0.2, 0.25) is 0 Å². The van der Waals surface area contributed by atoms with Crippen molar-refractivity contribution in [1.29, 1.82) is 0 Å². The van der Waals surface area contributed by atoms with E-state index < -0.39 is 23.5 Å². The second kappa shape index (κ2) is 5.14. The van der Waals surface area contributed by atoms with Crippen LogP contribution >= 0.6 is 15.9 Å². The minimum atomic E-state index is -1.30. The summed E-state index contributed by atoms with van der Waals surface area (Å²) in [4.78, 5) is 23.6. The van der Waals surface area contributed by atoms with Crippen molar-refractivity contribution < 1.29 is 23.8 Å². The van der Waals surface area contributed by atoms with Gasteiger partial charge in [0.1, 0.15) is 17.1 Å². The second-order valence-corrected chi connectivity index (χ2v) is 6.24. The lowest BCUT2D eigenvalue weighted by Gasteiger charge is -2.20. The standard InChI is InChI=1S/C14H13BrFNO4/c1-14(2,3)21-13(20)17-9(12(18)19)6-7-4-5-8(16)10(15)11(7)17/h4-6H,1-3H3,(H,18,19). The summed E-state index contributed by atoms with van der Waals surface area (Å²) >= 11 is 3.05. The number of carbonyl (C=O) groups is 2. The lowest BCUT2D eigenvalue weighted by molar-refractivity contribution is 0.0512. The fourth-order valence-corrected chi connectivity index (χ4v) is 2.42. The molecule has 0 fully saturated rings. The first-order valence-corrected chi connectivity index (χ1v) is 6.87. The molecular weight excluding hydrogens is 345 g/mol. The maximum atomic E-state index is 13.7. The summed E-state index contributed by atoms with van der Waals surface area (Å²) in [5.74, 6) is -1.90. The summed E-state index contributed by atoms with van der Waals surface area (Å²) < 4.78 is 19.7. The number of hydrogen-bond donors (Lipinski definition) is 1. The van der Waals surface area contributed by atoms with Crippen LogP contribution < -0.4 is 0 Å². The second-order valence-electron chi connectivity index (χ2n) is 5.45. The zero-order chi connectivity index (χ0) is 15.9. The zero-order valence-electron chi connectivity index (χ0n) is 11.6. The van der Waals surface area contributed by atoms with Gasteiger partial charge in [-0.2, -0.15) is 0 Å². The van der Waals surface area contributed by atoms with E-state index in [1.807, 2.05) is 0 Å². The number of hydrogen-bond acceptors (Lipinski definition) is 3. The Morgan fingerprint density at radius 1 is 1.33 bits per heavy atom. The number of carboxylic acid groups (broad SMARTS) is 1. The van der Waals surface area contributed by atoms with E-state index in [1.54, 1.807) is 20.8 Å². The molecule has 1 aromatic carbocycles. The Kier molecular flexibility index (Phi) is 3.79. The first kappa shape index (κ1) is 15.5. The first-order valence-electron chi connectivity index (χ1n) is 6.08. The van der Waals surface area contributed by atoms with Crippen LogP contribution in [0.15, 0.2) is 22.7 Å². The molecule has 0 saturated heterocycles. The molecule has 1 aromatic heterocycles. The topological polar surface area (TPSA) is 68.5 Å². The number of aromatic nitrogens is 1. The molecule has 0 unspecified atom stereocenters. The van der Waals surface area contributed by atoms with Crippen LogP contribution in [0.2, 0.25) is 0 Å². The van der Waals surface area contributed by atoms with E-state index in [4.69, 9.17) is 4.74 Å². The average molecular weight is 358 g/mol. The molecule has 7 heteroatoms. The molecule has 0 bridgehead atoms. The molecule has 0 spiro atoms. The van der Waals surface area contributed by atoms with Crippen molar-refractivity contribution in [1.82, 2.24) is 4.57 Å². The van der Waals surface area contributed by atoms with E-state index in [-0.39, 0.29) is 15.7 Å². The number of fused-ring (bicyclic) bond motifs is 1.